The molecule has 0 aliphatic carbocycles. The van der Waals surface area contributed by atoms with Crippen molar-refractivity contribution in [2.75, 3.05) is 19.4 Å². The minimum atomic E-state index is -1.22. The molecule has 0 aliphatic rings. The van der Waals surface area contributed by atoms with E-state index in [1.807, 2.05) is 31.1 Å². The van der Waals surface area contributed by atoms with E-state index in [2.05, 4.69) is 15.3 Å². The first-order chi connectivity index (χ1) is 9.97. The Morgan fingerprint density at radius 2 is 1.95 bits per heavy atom. The van der Waals surface area contributed by atoms with Gasteiger partial charge in [0.1, 0.15) is 0 Å². The number of hydrogen-bond donors (Lipinski definition) is 3. The Labute approximate surface area is 121 Å². The molecule has 3 N–H and O–H groups in total. The zero-order chi connectivity index (χ0) is 15.4. The van der Waals surface area contributed by atoms with Gasteiger partial charge in [-0.1, -0.05) is 12.1 Å². The van der Waals surface area contributed by atoms with E-state index in [9.17, 15) is 9.59 Å². The molecule has 1 aromatic heterocycles. The van der Waals surface area contributed by atoms with Crippen LogP contribution in [0.5, 0.6) is 0 Å². The number of aromatic carboxylic acids is 1. The van der Waals surface area contributed by atoms with Crippen molar-refractivity contribution in [1.29, 1.82) is 0 Å². The van der Waals surface area contributed by atoms with E-state index in [-0.39, 0.29) is 11.4 Å². The van der Waals surface area contributed by atoms with Crippen LogP contribution in [-0.2, 0) is 6.54 Å². The standard InChI is InChI=1S/C14H16N4O3/c1-18(2)7-9-3-5-10(6-4-9)17-13(19)11-12(14(20)21)16-8-15-11/h3-6,8H,7H2,1-2H3,(H,15,16)(H,17,19)(H,20,21). The summed E-state index contributed by atoms with van der Waals surface area (Å²) in [5.41, 5.74) is 1.34. The lowest BCUT2D eigenvalue weighted by molar-refractivity contribution is 0.0686. The minimum absolute atomic E-state index is 0.139. The lowest BCUT2D eigenvalue weighted by atomic mass is 10.2. The van der Waals surface area contributed by atoms with Crippen molar-refractivity contribution in [3.05, 3.63) is 47.5 Å². The van der Waals surface area contributed by atoms with E-state index < -0.39 is 11.9 Å². The average Bonchev–Trinajstić information content (AvgIpc) is 2.90. The minimum Gasteiger partial charge on any atom is -0.477 e. The largest absolute Gasteiger partial charge is 0.477 e. The van der Waals surface area contributed by atoms with E-state index >= 15 is 0 Å². The number of benzene rings is 1. The second kappa shape index (κ2) is 6.19. The van der Waals surface area contributed by atoms with E-state index in [4.69, 9.17) is 5.11 Å². The zero-order valence-corrected chi connectivity index (χ0v) is 11.8. The van der Waals surface area contributed by atoms with E-state index in [0.717, 1.165) is 12.1 Å². The molecular formula is C14H16N4O3. The van der Waals surface area contributed by atoms with Gasteiger partial charge in [-0.25, -0.2) is 9.78 Å². The number of anilines is 1. The third-order valence-corrected chi connectivity index (χ3v) is 2.78. The van der Waals surface area contributed by atoms with Crippen molar-refractivity contribution >= 4 is 17.6 Å². The number of aromatic nitrogens is 2. The summed E-state index contributed by atoms with van der Waals surface area (Å²) in [5.74, 6) is -1.78. The summed E-state index contributed by atoms with van der Waals surface area (Å²) >= 11 is 0. The molecule has 1 aromatic carbocycles. The van der Waals surface area contributed by atoms with Crippen molar-refractivity contribution in [2.45, 2.75) is 6.54 Å². The number of hydrogen-bond acceptors (Lipinski definition) is 4. The molecule has 0 aliphatic heterocycles. The number of imidazole rings is 1. The van der Waals surface area contributed by atoms with E-state index in [1.165, 1.54) is 6.33 Å². The number of nitrogens with zero attached hydrogens (tertiary/aromatic N) is 2. The van der Waals surface area contributed by atoms with Gasteiger partial charge in [0.25, 0.3) is 5.91 Å². The summed E-state index contributed by atoms with van der Waals surface area (Å²) in [5, 5.41) is 11.6. The lowest BCUT2D eigenvalue weighted by Gasteiger charge is -2.10. The Balaban J connectivity index is 2.09. The van der Waals surface area contributed by atoms with Crippen LogP contribution in [0.15, 0.2) is 30.6 Å². The SMILES string of the molecule is CN(C)Cc1ccc(NC(=O)c2nc[nH]c2C(=O)O)cc1. The third kappa shape index (κ3) is 3.67. The number of amides is 1. The maximum absolute atomic E-state index is 12.0. The molecule has 0 fully saturated rings. The van der Waals surface area contributed by atoms with Crippen molar-refractivity contribution < 1.29 is 14.7 Å². The van der Waals surface area contributed by atoms with Gasteiger partial charge in [-0.15, -0.1) is 0 Å². The fourth-order valence-corrected chi connectivity index (χ4v) is 1.88. The molecular weight excluding hydrogens is 272 g/mol. The van der Waals surface area contributed by atoms with Crippen LogP contribution in [0, 0.1) is 0 Å². The van der Waals surface area contributed by atoms with Crippen LogP contribution < -0.4 is 5.32 Å². The van der Waals surface area contributed by atoms with Gasteiger partial charge >= 0.3 is 5.97 Å². The Morgan fingerprint density at radius 1 is 1.29 bits per heavy atom. The molecule has 1 amide bonds. The number of carboxylic acid groups (broad SMARTS) is 1. The van der Waals surface area contributed by atoms with Crippen molar-refractivity contribution in [1.82, 2.24) is 14.9 Å². The molecule has 1 heterocycles. The highest BCUT2D eigenvalue weighted by atomic mass is 16.4. The molecule has 21 heavy (non-hydrogen) atoms. The molecule has 0 bridgehead atoms. The highest BCUT2D eigenvalue weighted by Gasteiger charge is 2.19. The van der Waals surface area contributed by atoms with Gasteiger partial charge in [0.2, 0.25) is 0 Å². The summed E-state index contributed by atoms with van der Waals surface area (Å²) < 4.78 is 0. The Kier molecular flexibility index (Phi) is 4.34. The smallest absolute Gasteiger partial charge is 0.354 e. The number of rotatable bonds is 5. The van der Waals surface area contributed by atoms with Gasteiger partial charge in [0.15, 0.2) is 11.4 Å². The van der Waals surface area contributed by atoms with Gasteiger partial charge in [-0.2, -0.15) is 0 Å². The maximum atomic E-state index is 12.0. The number of H-pyrrole nitrogens is 1. The molecule has 0 unspecified atom stereocenters. The molecule has 7 heteroatoms. The quantitative estimate of drug-likeness (QED) is 0.773. The second-order valence-corrected chi connectivity index (χ2v) is 4.82. The maximum Gasteiger partial charge on any atom is 0.354 e. The normalized spacial score (nSPS) is 10.6. The second-order valence-electron chi connectivity index (χ2n) is 4.82. The predicted molar refractivity (Wildman–Crippen MR) is 77.3 cm³/mol. The molecule has 0 radical (unpaired) electrons. The Bertz CT molecular complexity index is 646. The first-order valence-electron chi connectivity index (χ1n) is 6.29. The number of nitrogens with one attached hydrogen (secondary N) is 2. The molecule has 2 rings (SSSR count). The van der Waals surface area contributed by atoms with Crippen LogP contribution >= 0.6 is 0 Å². The molecule has 110 valence electrons. The molecule has 2 aromatic rings. The van der Waals surface area contributed by atoms with Gasteiger partial charge in [-0.05, 0) is 31.8 Å². The van der Waals surface area contributed by atoms with Crippen molar-refractivity contribution in [3.63, 3.8) is 0 Å². The first kappa shape index (κ1) is 14.7. The predicted octanol–water partition coefficient (Wildman–Crippen LogP) is 1.42. The van der Waals surface area contributed by atoms with Crippen LogP contribution in [0.3, 0.4) is 0 Å². The van der Waals surface area contributed by atoms with E-state index in [1.54, 1.807) is 12.1 Å². The third-order valence-electron chi connectivity index (χ3n) is 2.78. The van der Waals surface area contributed by atoms with E-state index in [0.29, 0.717) is 5.69 Å². The summed E-state index contributed by atoms with van der Waals surface area (Å²) in [6.07, 6.45) is 1.18. The van der Waals surface area contributed by atoms with Gasteiger partial charge < -0.3 is 20.3 Å². The van der Waals surface area contributed by atoms with Gasteiger partial charge in [0.05, 0.1) is 6.33 Å². The Morgan fingerprint density at radius 3 is 2.52 bits per heavy atom. The summed E-state index contributed by atoms with van der Waals surface area (Å²) in [7, 11) is 3.95. The number of carboxylic acids is 1. The zero-order valence-electron chi connectivity index (χ0n) is 11.8. The fraction of sp³-hybridized carbons (Fsp3) is 0.214. The fourth-order valence-electron chi connectivity index (χ4n) is 1.88. The average molecular weight is 288 g/mol. The molecule has 0 atom stereocenters. The summed E-state index contributed by atoms with van der Waals surface area (Å²) in [4.78, 5) is 31.1. The number of carbonyl (C=O) groups is 2. The molecule has 0 saturated heterocycles. The van der Waals surface area contributed by atoms with Gasteiger partial charge in [0, 0.05) is 12.2 Å². The van der Waals surface area contributed by atoms with Crippen LogP contribution in [0.1, 0.15) is 26.5 Å². The van der Waals surface area contributed by atoms with Crippen LogP contribution in [-0.4, -0.2) is 45.9 Å². The topological polar surface area (TPSA) is 98.3 Å². The first-order valence-corrected chi connectivity index (χ1v) is 6.29. The van der Waals surface area contributed by atoms with Crippen LogP contribution in [0.25, 0.3) is 0 Å². The molecule has 0 spiro atoms. The monoisotopic (exact) mass is 288 g/mol. The highest BCUT2D eigenvalue weighted by Crippen LogP contribution is 2.13. The Hall–Kier alpha value is -2.67. The van der Waals surface area contributed by atoms with Crippen LogP contribution in [0.4, 0.5) is 5.69 Å². The lowest BCUT2D eigenvalue weighted by Crippen LogP contribution is -2.16. The number of carbonyl (C=O) groups excluding carboxylic acids is 1. The highest BCUT2D eigenvalue weighted by molar-refractivity contribution is 6.08. The summed E-state index contributed by atoms with van der Waals surface area (Å²) in [6, 6.07) is 7.34. The van der Waals surface area contributed by atoms with Gasteiger partial charge in [-0.3, -0.25) is 4.79 Å². The van der Waals surface area contributed by atoms with Crippen molar-refractivity contribution in [3.8, 4) is 0 Å². The summed E-state index contributed by atoms with van der Waals surface area (Å²) in [6.45, 7) is 0.802. The molecule has 7 nitrogen and oxygen atoms in total. The number of aromatic amines is 1. The van der Waals surface area contributed by atoms with Crippen molar-refractivity contribution in [2.24, 2.45) is 0 Å². The molecule has 0 saturated carbocycles. The van der Waals surface area contributed by atoms with Crippen LogP contribution in [0.2, 0.25) is 0 Å².